The number of carbonyl (C=O) groups excluding carboxylic acids is 3. The number of ether oxygens (including phenoxy) is 1. The monoisotopic (exact) mass is 951 g/mol. The Labute approximate surface area is 397 Å². The molecule has 4 aliphatic heterocycles. The van der Waals surface area contributed by atoms with Crippen molar-refractivity contribution in [3.05, 3.63) is 88.3 Å². The van der Waals surface area contributed by atoms with Gasteiger partial charge in [0.25, 0.3) is 5.91 Å². The average molecular weight is 953 g/mol. The van der Waals surface area contributed by atoms with Crippen LogP contribution >= 0.6 is 18.7 Å². The molecule has 3 aromatic carbocycles. The van der Waals surface area contributed by atoms with E-state index in [0.717, 1.165) is 101 Å². The molecule has 1 unspecified atom stereocenters. The summed E-state index contributed by atoms with van der Waals surface area (Å²) < 4.78 is 33.5. The van der Waals surface area contributed by atoms with Gasteiger partial charge in [0.1, 0.15) is 29.8 Å². The topological polar surface area (TPSA) is 152 Å². The molecule has 0 saturated carbocycles. The van der Waals surface area contributed by atoms with Gasteiger partial charge in [0.2, 0.25) is 17.8 Å². The maximum atomic E-state index is 14.8. The fraction of sp³-hybridized carbons (Fsp3) is 0.460. The first-order valence-electron chi connectivity index (χ1n) is 23.4. The first-order chi connectivity index (χ1) is 32.4. The van der Waals surface area contributed by atoms with E-state index < -0.39 is 30.8 Å². The SMILES string of the molecule is COc1cc(N2CCC(N3CCN(CCCCCCCC#Cc4ccc(F)c5c4CN(C4CCC(=O)NC4=O)C5=O)CC3)CC2)ccc1Nc1ncc(Cl)c(Nc2ccccc2P(C)(C)=O)n1. The molecule has 0 bridgehead atoms. The van der Waals surface area contributed by atoms with E-state index in [2.05, 4.69) is 64.6 Å². The van der Waals surface area contributed by atoms with Crippen LogP contribution in [-0.2, 0) is 20.7 Å². The highest BCUT2D eigenvalue weighted by Gasteiger charge is 2.41. The number of fused-ring (bicyclic) bond motifs is 1. The number of piperazine rings is 1. The second kappa shape index (κ2) is 21.6. The Morgan fingerprint density at radius 1 is 0.910 bits per heavy atom. The van der Waals surface area contributed by atoms with E-state index in [0.29, 0.717) is 45.4 Å². The number of nitrogens with one attached hydrogen (secondary N) is 3. The molecule has 4 aliphatic rings. The van der Waals surface area contributed by atoms with Gasteiger partial charge in [-0.05, 0) is 88.4 Å². The number of carbonyl (C=O) groups is 3. The number of piperidine rings is 2. The summed E-state index contributed by atoms with van der Waals surface area (Å²) in [4.78, 5) is 55.3. The van der Waals surface area contributed by atoms with Crippen LogP contribution in [0, 0.1) is 17.7 Å². The van der Waals surface area contributed by atoms with Gasteiger partial charge in [-0.2, -0.15) is 4.98 Å². The molecular formula is C50H60ClFN9O5P. The lowest BCUT2D eigenvalue weighted by atomic mass is 10.0. The van der Waals surface area contributed by atoms with Crippen molar-refractivity contribution in [1.82, 2.24) is 30.0 Å². The molecule has 1 aromatic heterocycles. The third-order valence-corrected chi connectivity index (χ3v) is 15.1. The number of hydrogen-bond donors (Lipinski definition) is 3. The normalized spacial score (nSPS) is 18.3. The molecule has 0 aliphatic carbocycles. The molecule has 8 rings (SSSR count). The highest BCUT2D eigenvalue weighted by molar-refractivity contribution is 7.70. The van der Waals surface area contributed by atoms with Gasteiger partial charge in [0, 0.05) is 92.9 Å². The van der Waals surface area contributed by atoms with Crippen molar-refractivity contribution in [2.45, 2.75) is 82.8 Å². The van der Waals surface area contributed by atoms with E-state index in [1.165, 1.54) is 30.0 Å². The van der Waals surface area contributed by atoms with Crippen LogP contribution in [0.25, 0.3) is 0 Å². The second-order valence-corrected chi connectivity index (χ2v) is 21.7. The van der Waals surface area contributed by atoms with E-state index in [4.69, 9.17) is 16.3 Å². The summed E-state index contributed by atoms with van der Waals surface area (Å²) in [5, 5.41) is 9.90. The molecule has 3 fully saturated rings. The number of para-hydroxylation sites is 1. The molecule has 17 heteroatoms. The van der Waals surface area contributed by atoms with Gasteiger partial charge in [-0.3, -0.25) is 24.6 Å². The first kappa shape index (κ1) is 48.0. The van der Waals surface area contributed by atoms with Crippen molar-refractivity contribution in [2.75, 3.05) is 81.8 Å². The largest absolute Gasteiger partial charge is 0.494 e. The molecule has 1 atom stereocenters. The Bertz CT molecular complexity index is 2580. The zero-order chi connectivity index (χ0) is 47.1. The minimum atomic E-state index is -2.55. The number of benzene rings is 3. The molecule has 3 saturated heterocycles. The average Bonchev–Trinajstić information content (AvgIpc) is 3.67. The number of amides is 3. The van der Waals surface area contributed by atoms with Crippen molar-refractivity contribution in [3.8, 4) is 17.6 Å². The number of nitrogens with zero attached hydrogens (tertiary/aromatic N) is 6. The van der Waals surface area contributed by atoms with Crippen LogP contribution in [0.3, 0.4) is 0 Å². The number of hydrogen-bond acceptors (Lipinski definition) is 12. The van der Waals surface area contributed by atoms with Gasteiger partial charge in [0.05, 0.1) is 30.2 Å². The zero-order valence-corrected chi connectivity index (χ0v) is 40.2. The fourth-order valence-electron chi connectivity index (χ4n) is 9.62. The third-order valence-electron chi connectivity index (χ3n) is 13.3. The van der Waals surface area contributed by atoms with Crippen LogP contribution in [0.4, 0.5) is 33.2 Å². The minimum absolute atomic E-state index is 0.0157. The molecule has 67 heavy (non-hydrogen) atoms. The molecule has 0 spiro atoms. The van der Waals surface area contributed by atoms with Crippen molar-refractivity contribution in [3.63, 3.8) is 0 Å². The summed E-state index contributed by atoms with van der Waals surface area (Å²) in [6.07, 6.45) is 10.5. The standard InChI is InChI=1S/C50H60ClFN9O5P/c1-66-43-31-36(17-19-40(43)55-50-53-32-38(51)47(57-50)54-41-14-10-11-15-44(41)67(2,3)65)59-25-22-35(23-26-59)60-29-27-58(28-30-60)24-12-8-6-4-5-7-9-13-34-16-18-39(52)46-37(34)33-61(49(46)64)42-20-21-45(62)56-48(42)63/h10-11,14-19,31-32,35,42H,4-8,12,20-30,33H2,1-3H3,(H,56,62,63)(H2,53,54,55,57). The van der Waals surface area contributed by atoms with Crippen molar-refractivity contribution < 1.29 is 28.1 Å². The lowest BCUT2D eigenvalue weighted by molar-refractivity contribution is -0.136. The number of anilines is 5. The summed E-state index contributed by atoms with van der Waals surface area (Å²) >= 11 is 6.49. The first-order valence-corrected chi connectivity index (χ1v) is 26.4. The summed E-state index contributed by atoms with van der Waals surface area (Å²) in [6.45, 7) is 11.1. The highest BCUT2D eigenvalue weighted by Crippen LogP contribution is 2.39. The van der Waals surface area contributed by atoms with Crippen LogP contribution in [0.1, 0.15) is 85.7 Å². The van der Waals surface area contributed by atoms with Crippen molar-refractivity contribution in [1.29, 1.82) is 0 Å². The summed E-state index contributed by atoms with van der Waals surface area (Å²) in [5.74, 6) is 5.81. The number of unbranched alkanes of at least 4 members (excludes halogenated alkanes) is 5. The molecule has 14 nitrogen and oxygen atoms in total. The number of imide groups is 1. The molecule has 354 valence electrons. The molecule has 3 amide bonds. The van der Waals surface area contributed by atoms with Gasteiger partial charge < -0.3 is 34.6 Å². The van der Waals surface area contributed by atoms with E-state index in [9.17, 15) is 23.3 Å². The number of methoxy groups -OCH3 is 1. The molecule has 3 N–H and O–H groups in total. The Kier molecular flexibility index (Phi) is 15.5. The highest BCUT2D eigenvalue weighted by atomic mass is 35.5. The minimum Gasteiger partial charge on any atom is -0.494 e. The lowest BCUT2D eigenvalue weighted by Crippen LogP contribution is -2.53. The van der Waals surface area contributed by atoms with Crippen LogP contribution in [-0.4, -0.2) is 121 Å². The fourth-order valence-corrected chi connectivity index (χ4v) is 10.9. The lowest BCUT2D eigenvalue weighted by Gasteiger charge is -2.43. The number of aromatic nitrogens is 2. The van der Waals surface area contributed by atoms with Crippen molar-refractivity contribution >= 4 is 70.6 Å². The quantitative estimate of drug-likeness (QED) is 0.0436. The summed E-state index contributed by atoms with van der Waals surface area (Å²) in [7, 11) is -0.887. The van der Waals surface area contributed by atoms with E-state index in [1.807, 2.05) is 30.3 Å². The van der Waals surface area contributed by atoms with Gasteiger partial charge in [0.15, 0.2) is 5.82 Å². The molecule has 4 aromatic rings. The predicted molar refractivity (Wildman–Crippen MR) is 262 cm³/mol. The smallest absolute Gasteiger partial charge is 0.258 e. The van der Waals surface area contributed by atoms with E-state index >= 15 is 0 Å². The van der Waals surface area contributed by atoms with Crippen LogP contribution < -0.4 is 30.9 Å². The summed E-state index contributed by atoms with van der Waals surface area (Å²) in [5.41, 5.74) is 3.66. The Hall–Kier alpha value is -5.52. The maximum Gasteiger partial charge on any atom is 0.258 e. The number of halogens is 2. The van der Waals surface area contributed by atoms with Crippen LogP contribution in [0.15, 0.2) is 60.8 Å². The van der Waals surface area contributed by atoms with E-state index in [1.54, 1.807) is 26.5 Å². The third kappa shape index (κ3) is 11.6. The Balaban J connectivity index is 0.722. The van der Waals surface area contributed by atoms with Gasteiger partial charge >= 0.3 is 0 Å². The van der Waals surface area contributed by atoms with Crippen LogP contribution in [0.5, 0.6) is 5.75 Å². The van der Waals surface area contributed by atoms with Gasteiger partial charge in [-0.15, -0.1) is 0 Å². The Morgan fingerprint density at radius 3 is 2.43 bits per heavy atom. The van der Waals surface area contributed by atoms with Crippen molar-refractivity contribution in [2.24, 2.45) is 0 Å². The second-order valence-electron chi connectivity index (χ2n) is 18.2. The van der Waals surface area contributed by atoms with Gasteiger partial charge in [-0.1, -0.05) is 54.8 Å². The van der Waals surface area contributed by atoms with E-state index in [-0.39, 0.29) is 30.9 Å². The van der Waals surface area contributed by atoms with Gasteiger partial charge in [-0.25, -0.2) is 9.37 Å². The Morgan fingerprint density at radius 2 is 1.67 bits per heavy atom. The molecule has 5 heterocycles. The summed E-state index contributed by atoms with van der Waals surface area (Å²) in [6, 6.07) is 16.3. The maximum absolute atomic E-state index is 14.8. The van der Waals surface area contributed by atoms with Crippen LogP contribution in [0.2, 0.25) is 5.02 Å². The predicted octanol–water partition coefficient (Wildman–Crippen LogP) is 7.75. The number of rotatable bonds is 16. The molecular weight excluding hydrogens is 892 g/mol. The molecule has 0 radical (unpaired) electrons. The zero-order valence-electron chi connectivity index (χ0n) is 38.6.